The number of pyridine rings is 1. The third-order valence-electron chi connectivity index (χ3n) is 4.83. The lowest BCUT2D eigenvalue weighted by Gasteiger charge is -2.25. The molecule has 0 unspecified atom stereocenters. The van der Waals surface area contributed by atoms with E-state index in [1.165, 1.54) is 19.3 Å². The SMILES string of the molecule is O=c1c2ccccc2[nH]c2cc3sc(N4CCCCC4)nc3cc12. The molecule has 5 rings (SSSR count). The van der Waals surface area contributed by atoms with Crippen LogP contribution in [0.5, 0.6) is 0 Å². The Balaban J connectivity index is 1.74. The van der Waals surface area contributed by atoms with Gasteiger partial charge in [-0.2, -0.15) is 0 Å². The number of anilines is 1. The van der Waals surface area contributed by atoms with Crippen molar-refractivity contribution in [3.8, 4) is 0 Å². The molecule has 1 N–H and O–H groups in total. The Bertz CT molecular complexity index is 1120. The van der Waals surface area contributed by atoms with Gasteiger partial charge in [-0.3, -0.25) is 4.79 Å². The minimum Gasteiger partial charge on any atom is -0.354 e. The number of hydrogen-bond acceptors (Lipinski definition) is 4. The van der Waals surface area contributed by atoms with Crippen molar-refractivity contribution in [2.45, 2.75) is 19.3 Å². The topological polar surface area (TPSA) is 49.0 Å². The van der Waals surface area contributed by atoms with Gasteiger partial charge in [0.1, 0.15) is 0 Å². The molecule has 0 bridgehead atoms. The molecule has 0 spiro atoms. The lowest BCUT2D eigenvalue weighted by Crippen LogP contribution is -2.29. The summed E-state index contributed by atoms with van der Waals surface area (Å²) < 4.78 is 1.13. The minimum absolute atomic E-state index is 0.0776. The van der Waals surface area contributed by atoms with Crippen molar-refractivity contribution >= 4 is 48.5 Å². The smallest absolute Gasteiger partial charge is 0.197 e. The van der Waals surface area contributed by atoms with Crippen molar-refractivity contribution in [1.29, 1.82) is 0 Å². The van der Waals surface area contributed by atoms with Crippen LogP contribution in [0.2, 0.25) is 0 Å². The average Bonchev–Trinajstić information content (AvgIpc) is 3.04. The van der Waals surface area contributed by atoms with E-state index < -0.39 is 0 Å². The molecule has 0 saturated carbocycles. The van der Waals surface area contributed by atoms with E-state index in [0.717, 1.165) is 50.2 Å². The number of nitrogens with zero attached hydrogens (tertiary/aromatic N) is 2. The summed E-state index contributed by atoms with van der Waals surface area (Å²) >= 11 is 1.72. The lowest BCUT2D eigenvalue weighted by atomic mass is 10.1. The predicted molar refractivity (Wildman–Crippen MR) is 101 cm³/mol. The van der Waals surface area contributed by atoms with Gasteiger partial charge in [-0.15, -0.1) is 0 Å². The number of H-pyrrole nitrogens is 1. The molecule has 0 radical (unpaired) electrons. The normalized spacial score (nSPS) is 15.6. The van der Waals surface area contributed by atoms with Crippen LogP contribution in [-0.4, -0.2) is 23.1 Å². The first-order chi connectivity index (χ1) is 11.8. The molecule has 1 saturated heterocycles. The van der Waals surface area contributed by atoms with E-state index in [9.17, 15) is 4.79 Å². The minimum atomic E-state index is 0.0776. The maximum atomic E-state index is 12.8. The predicted octanol–water partition coefficient (Wildman–Crippen LogP) is 4.28. The van der Waals surface area contributed by atoms with Gasteiger partial charge in [0.15, 0.2) is 10.6 Å². The summed E-state index contributed by atoms with van der Waals surface area (Å²) in [6.45, 7) is 2.17. The quantitative estimate of drug-likeness (QED) is 0.528. The Kier molecular flexibility index (Phi) is 3.10. The van der Waals surface area contributed by atoms with Crippen molar-refractivity contribution < 1.29 is 0 Å². The van der Waals surface area contributed by atoms with Gasteiger partial charge in [0.2, 0.25) is 0 Å². The molecule has 0 atom stereocenters. The molecule has 2 aromatic carbocycles. The fourth-order valence-electron chi connectivity index (χ4n) is 3.55. The molecule has 5 heteroatoms. The van der Waals surface area contributed by atoms with Gasteiger partial charge < -0.3 is 9.88 Å². The highest BCUT2D eigenvalue weighted by Gasteiger charge is 2.16. The van der Waals surface area contributed by atoms with Crippen LogP contribution >= 0.6 is 11.3 Å². The number of hydrogen-bond donors (Lipinski definition) is 1. The lowest BCUT2D eigenvalue weighted by molar-refractivity contribution is 0.577. The summed E-state index contributed by atoms with van der Waals surface area (Å²) in [7, 11) is 0. The zero-order valence-corrected chi connectivity index (χ0v) is 14.0. The summed E-state index contributed by atoms with van der Waals surface area (Å²) in [6, 6.07) is 11.7. The Morgan fingerprint density at radius 2 is 1.83 bits per heavy atom. The van der Waals surface area contributed by atoms with Gasteiger partial charge in [-0.1, -0.05) is 23.5 Å². The van der Waals surface area contributed by atoms with Crippen molar-refractivity contribution in [3.05, 3.63) is 46.6 Å². The number of aromatic nitrogens is 2. The maximum Gasteiger partial charge on any atom is 0.197 e. The molecule has 2 aromatic heterocycles. The first-order valence-electron chi connectivity index (χ1n) is 8.40. The highest BCUT2D eigenvalue weighted by atomic mass is 32.1. The molecule has 4 aromatic rings. The first kappa shape index (κ1) is 14.0. The van der Waals surface area contributed by atoms with Gasteiger partial charge in [0.05, 0.1) is 15.7 Å². The van der Waals surface area contributed by atoms with Gasteiger partial charge in [0.25, 0.3) is 0 Å². The average molecular weight is 335 g/mol. The monoisotopic (exact) mass is 335 g/mol. The largest absolute Gasteiger partial charge is 0.354 e. The standard InChI is InChI=1S/C19H17N3OS/c23-18-12-6-2-3-7-14(12)20-15-11-17-16(10-13(15)18)21-19(24-17)22-8-4-1-5-9-22/h2-3,6-7,10-11H,1,4-5,8-9H2,(H,20,23). The van der Waals surface area contributed by atoms with Crippen LogP contribution in [0.4, 0.5) is 5.13 Å². The molecule has 3 heterocycles. The molecule has 1 fully saturated rings. The van der Waals surface area contributed by atoms with E-state index in [0.29, 0.717) is 0 Å². The van der Waals surface area contributed by atoms with E-state index in [1.54, 1.807) is 11.3 Å². The van der Waals surface area contributed by atoms with E-state index in [1.807, 2.05) is 30.3 Å². The highest BCUT2D eigenvalue weighted by Crippen LogP contribution is 2.32. The molecule has 120 valence electrons. The van der Waals surface area contributed by atoms with Gasteiger partial charge in [-0.25, -0.2) is 4.98 Å². The number of piperidine rings is 1. The highest BCUT2D eigenvalue weighted by molar-refractivity contribution is 7.22. The molecule has 1 aliphatic rings. The Labute approximate surface area is 142 Å². The molecule has 24 heavy (non-hydrogen) atoms. The Morgan fingerprint density at radius 3 is 2.71 bits per heavy atom. The summed E-state index contributed by atoms with van der Waals surface area (Å²) in [5.74, 6) is 0. The number of aromatic amines is 1. The second kappa shape index (κ2) is 5.31. The van der Waals surface area contributed by atoms with Gasteiger partial charge in [0, 0.05) is 29.4 Å². The second-order valence-electron chi connectivity index (χ2n) is 6.41. The fourth-order valence-corrected chi connectivity index (χ4v) is 4.59. The zero-order chi connectivity index (χ0) is 16.1. The summed E-state index contributed by atoms with van der Waals surface area (Å²) in [4.78, 5) is 23.4. The van der Waals surface area contributed by atoms with Gasteiger partial charge in [-0.05, 0) is 43.5 Å². The molecule has 4 nitrogen and oxygen atoms in total. The van der Waals surface area contributed by atoms with Crippen molar-refractivity contribution in [2.24, 2.45) is 0 Å². The number of fused-ring (bicyclic) bond motifs is 3. The van der Waals surface area contributed by atoms with Crippen LogP contribution < -0.4 is 10.3 Å². The second-order valence-corrected chi connectivity index (χ2v) is 7.42. The van der Waals surface area contributed by atoms with E-state index in [4.69, 9.17) is 4.98 Å². The molecular weight excluding hydrogens is 318 g/mol. The van der Waals surface area contributed by atoms with Crippen LogP contribution in [0.25, 0.3) is 32.0 Å². The number of nitrogens with one attached hydrogen (secondary N) is 1. The molecular formula is C19H17N3OS. The van der Waals surface area contributed by atoms with E-state index in [-0.39, 0.29) is 5.43 Å². The Hall–Kier alpha value is -2.40. The van der Waals surface area contributed by atoms with E-state index >= 15 is 0 Å². The number of rotatable bonds is 1. The van der Waals surface area contributed by atoms with Crippen LogP contribution in [0.1, 0.15) is 19.3 Å². The number of thiazole rings is 1. The van der Waals surface area contributed by atoms with Crippen molar-refractivity contribution in [3.63, 3.8) is 0 Å². The van der Waals surface area contributed by atoms with Crippen molar-refractivity contribution in [2.75, 3.05) is 18.0 Å². The van der Waals surface area contributed by atoms with Crippen LogP contribution in [-0.2, 0) is 0 Å². The third kappa shape index (κ3) is 2.12. The summed E-state index contributed by atoms with van der Waals surface area (Å²) in [5, 5.41) is 2.53. The Morgan fingerprint density at radius 1 is 1.00 bits per heavy atom. The van der Waals surface area contributed by atoms with Gasteiger partial charge >= 0.3 is 0 Å². The number of benzene rings is 2. The zero-order valence-electron chi connectivity index (χ0n) is 13.2. The molecule has 0 amide bonds. The third-order valence-corrected chi connectivity index (χ3v) is 5.91. The van der Waals surface area contributed by atoms with Crippen LogP contribution in [0.3, 0.4) is 0 Å². The summed E-state index contributed by atoms with van der Waals surface area (Å²) in [5.41, 5.74) is 2.78. The van der Waals surface area contributed by atoms with E-state index in [2.05, 4.69) is 16.0 Å². The fraction of sp³-hybridized carbons (Fsp3) is 0.263. The summed E-state index contributed by atoms with van der Waals surface area (Å²) in [6.07, 6.45) is 3.79. The van der Waals surface area contributed by atoms with Crippen LogP contribution in [0.15, 0.2) is 41.2 Å². The molecule has 0 aliphatic carbocycles. The maximum absolute atomic E-state index is 12.8. The van der Waals surface area contributed by atoms with Crippen LogP contribution in [0, 0.1) is 0 Å². The first-order valence-corrected chi connectivity index (χ1v) is 9.21. The van der Waals surface area contributed by atoms with Crippen molar-refractivity contribution in [1.82, 2.24) is 9.97 Å². The number of para-hydroxylation sites is 1. The molecule has 1 aliphatic heterocycles.